The molecule has 1 amide bonds. The van der Waals surface area contributed by atoms with Crippen molar-refractivity contribution in [2.45, 2.75) is 44.2 Å². The van der Waals surface area contributed by atoms with E-state index in [0.717, 1.165) is 27.1 Å². The number of carbonyl (C=O) groups is 1. The maximum atomic E-state index is 12.8. The molecule has 2 atom stereocenters. The van der Waals surface area contributed by atoms with Crippen LogP contribution in [0.4, 0.5) is 0 Å². The van der Waals surface area contributed by atoms with Crippen molar-refractivity contribution in [3.05, 3.63) is 76.0 Å². The minimum absolute atomic E-state index is 0.0232. The third-order valence-corrected chi connectivity index (χ3v) is 7.97. The molecule has 0 aliphatic rings. The summed E-state index contributed by atoms with van der Waals surface area (Å²) in [5.41, 5.74) is 4.07. The number of hydrogen-bond donors (Lipinski definition) is 2. The Hall–Kier alpha value is -2.99. The highest BCUT2D eigenvalue weighted by atomic mass is 32.2. The van der Waals surface area contributed by atoms with E-state index in [4.69, 9.17) is 5.26 Å². The minimum Gasteiger partial charge on any atom is -0.342 e. The van der Waals surface area contributed by atoms with Crippen LogP contribution in [-0.4, -0.2) is 33.2 Å². The van der Waals surface area contributed by atoms with Crippen LogP contribution in [0.3, 0.4) is 0 Å². The van der Waals surface area contributed by atoms with E-state index in [9.17, 15) is 13.2 Å². The lowest BCUT2D eigenvalue weighted by molar-refractivity contribution is -0.123. The maximum absolute atomic E-state index is 12.8. The summed E-state index contributed by atoms with van der Waals surface area (Å²) >= 11 is 1.64. The van der Waals surface area contributed by atoms with Crippen LogP contribution < -0.4 is 10.6 Å². The van der Waals surface area contributed by atoms with Gasteiger partial charge in [-0.15, -0.1) is 11.3 Å². The Bertz CT molecular complexity index is 1290. The zero-order valence-corrected chi connectivity index (χ0v) is 22.0. The fourth-order valence-corrected chi connectivity index (χ4v) is 5.58. The number of hydrogen-bond acceptors (Lipinski definition) is 6. The third-order valence-electron chi connectivity index (χ3n) is 5.76. The van der Waals surface area contributed by atoms with Gasteiger partial charge in [-0.2, -0.15) is 5.26 Å². The summed E-state index contributed by atoms with van der Waals surface area (Å²) in [6.07, 6.45) is 1.84. The molecule has 0 aliphatic heterocycles. The first-order valence-electron chi connectivity index (χ1n) is 11.4. The van der Waals surface area contributed by atoms with Gasteiger partial charge in [-0.25, -0.2) is 8.42 Å². The van der Waals surface area contributed by atoms with Gasteiger partial charge in [-0.05, 0) is 65.1 Å². The number of sulfone groups is 1. The van der Waals surface area contributed by atoms with Gasteiger partial charge in [0.25, 0.3) is 0 Å². The van der Waals surface area contributed by atoms with E-state index in [2.05, 4.69) is 37.5 Å². The molecule has 3 rings (SSSR count). The zero-order chi connectivity index (χ0) is 25.6. The maximum Gasteiger partial charge on any atom is 0.237 e. The third kappa shape index (κ3) is 7.01. The van der Waals surface area contributed by atoms with E-state index in [1.807, 2.05) is 47.8 Å². The lowest BCUT2D eigenvalue weighted by Crippen LogP contribution is -2.46. The molecule has 184 valence electrons. The van der Waals surface area contributed by atoms with Crippen LogP contribution in [-0.2, 0) is 14.6 Å². The highest BCUT2D eigenvalue weighted by molar-refractivity contribution is 7.90. The van der Waals surface area contributed by atoms with Crippen molar-refractivity contribution in [3.63, 3.8) is 0 Å². The number of benzene rings is 2. The number of carbonyl (C=O) groups excluding carboxylic acids is 1. The number of amides is 1. The van der Waals surface area contributed by atoms with Gasteiger partial charge in [0.2, 0.25) is 5.91 Å². The van der Waals surface area contributed by atoms with Crippen molar-refractivity contribution < 1.29 is 13.2 Å². The van der Waals surface area contributed by atoms with E-state index in [1.165, 1.54) is 6.26 Å². The Kier molecular flexibility index (Phi) is 8.84. The number of nitriles is 1. The molecule has 6 nitrogen and oxygen atoms in total. The van der Waals surface area contributed by atoms with Gasteiger partial charge in [-0.3, -0.25) is 10.1 Å². The number of nitrogens with one attached hydrogen (secondary N) is 2. The summed E-state index contributed by atoms with van der Waals surface area (Å²) in [7, 11) is -3.24. The van der Waals surface area contributed by atoms with Gasteiger partial charge in [0.15, 0.2) is 9.84 Å². The average Bonchev–Trinajstić information content (AvgIpc) is 3.25. The predicted molar refractivity (Wildman–Crippen MR) is 141 cm³/mol. The number of nitrogens with zero attached hydrogens (tertiary/aromatic N) is 1. The van der Waals surface area contributed by atoms with Crippen LogP contribution >= 0.6 is 11.3 Å². The van der Waals surface area contributed by atoms with Crippen molar-refractivity contribution in [1.82, 2.24) is 10.6 Å². The largest absolute Gasteiger partial charge is 0.342 e. The van der Waals surface area contributed by atoms with Crippen molar-refractivity contribution in [3.8, 4) is 17.2 Å². The molecule has 0 unspecified atom stereocenters. The molecule has 0 aliphatic carbocycles. The van der Waals surface area contributed by atoms with Gasteiger partial charge in [0.05, 0.1) is 23.0 Å². The summed E-state index contributed by atoms with van der Waals surface area (Å²) in [6, 6.07) is 18.4. The van der Waals surface area contributed by atoms with Crippen LogP contribution in [0.2, 0.25) is 0 Å². The fraction of sp³-hybridized carbons (Fsp3) is 0.333. The lowest BCUT2D eigenvalue weighted by atomic mass is 9.96. The second-order valence-corrected chi connectivity index (χ2v) is 12.0. The van der Waals surface area contributed by atoms with Gasteiger partial charge in [-0.1, -0.05) is 50.2 Å². The van der Waals surface area contributed by atoms with Crippen LogP contribution in [0.15, 0.2) is 64.9 Å². The highest BCUT2D eigenvalue weighted by Gasteiger charge is 2.26. The van der Waals surface area contributed by atoms with Crippen molar-refractivity contribution in [2.75, 3.05) is 12.8 Å². The molecule has 8 heteroatoms. The van der Waals surface area contributed by atoms with Crippen LogP contribution in [0, 0.1) is 24.2 Å². The van der Waals surface area contributed by atoms with Gasteiger partial charge >= 0.3 is 0 Å². The molecule has 35 heavy (non-hydrogen) atoms. The van der Waals surface area contributed by atoms with E-state index in [-0.39, 0.29) is 18.5 Å². The molecule has 2 aromatic carbocycles. The van der Waals surface area contributed by atoms with Crippen LogP contribution in [0.1, 0.15) is 42.3 Å². The normalized spacial score (nSPS) is 13.3. The van der Waals surface area contributed by atoms with Gasteiger partial charge in [0.1, 0.15) is 6.54 Å². The molecule has 2 N–H and O–H groups in total. The van der Waals surface area contributed by atoms with E-state index < -0.39 is 15.9 Å². The van der Waals surface area contributed by atoms with Gasteiger partial charge < -0.3 is 5.32 Å². The Morgan fingerprint density at radius 3 is 2.11 bits per heavy atom. The van der Waals surface area contributed by atoms with Gasteiger partial charge in [0, 0.05) is 11.1 Å². The summed E-state index contributed by atoms with van der Waals surface area (Å²) in [6.45, 7) is 6.18. The topological polar surface area (TPSA) is 99.1 Å². The first-order valence-corrected chi connectivity index (χ1v) is 14.2. The zero-order valence-electron chi connectivity index (χ0n) is 20.4. The molecule has 0 saturated carbocycles. The van der Waals surface area contributed by atoms with Crippen molar-refractivity contribution in [2.24, 2.45) is 5.92 Å². The van der Waals surface area contributed by atoms with Crippen LogP contribution in [0.5, 0.6) is 0 Å². The Morgan fingerprint density at radius 1 is 1.03 bits per heavy atom. The Labute approximate surface area is 211 Å². The molecular weight excluding hydrogens is 478 g/mol. The molecule has 0 saturated heterocycles. The van der Waals surface area contributed by atoms with E-state index in [1.54, 1.807) is 23.5 Å². The predicted octanol–water partition coefficient (Wildman–Crippen LogP) is 4.86. The van der Waals surface area contributed by atoms with Crippen LogP contribution in [0.25, 0.3) is 11.1 Å². The lowest BCUT2D eigenvalue weighted by Gasteiger charge is -2.27. The molecular formula is C27H31N3O3S2. The second kappa shape index (κ2) is 11.6. The first kappa shape index (κ1) is 26.6. The molecule has 0 bridgehead atoms. The second-order valence-electron chi connectivity index (χ2n) is 9.04. The number of thiophene rings is 1. The van der Waals surface area contributed by atoms with E-state index >= 15 is 0 Å². The standard InChI is InChI=1S/C27H31N3O3S2/c1-18(2)17-24(27(31)29-15-14-28)30-25(26-19(3)13-16-34-26)22-7-5-20(6-8-22)21-9-11-23(12-10-21)35(4,32)33/h5-13,16,18,24-25,30H,15,17H2,1-4H3,(H,29,31)/t24-,25-/m0/s1. The molecule has 1 aromatic heterocycles. The van der Waals surface area contributed by atoms with E-state index in [0.29, 0.717) is 17.2 Å². The molecule has 3 aromatic rings. The summed E-state index contributed by atoms with van der Waals surface area (Å²) < 4.78 is 23.5. The fourth-order valence-electron chi connectivity index (χ4n) is 3.94. The smallest absolute Gasteiger partial charge is 0.237 e. The SMILES string of the molecule is Cc1ccsc1[C@@H](N[C@@H](CC(C)C)C(=O)NCC#N)c1ccc(-c2ccc(S(C)(=O)=O)cc2)cc1. The summed E-state index contributed by atoms with van der Waals surface area (Å²) in [5, 5.41) is 17.2. The Morgan fingerprint density at radius 2 is 1.63 bits per heavy atom. The average molecular weight is 510 g/mol. The molecule has 0 spiro atoms. The molecule has 1 heterocycles. The minimum atomic E-state index is -3.24. The quantitative estimate of drug-likeness (QED) is 0.380. The first-order chi connectivity index (χ1) is 16.6. The Balaban J connectivity index is 1.92. The van der Waals surface area contributed by atoms with Crippen molar-refractivity contribution in [1.29, 1.82) is 5.26 Å². The number of aryl methyl sites for hydroxylation is 1. The summed E-state index contributed by atoms with van der Waals surface area (Å²) in [4.78, 5) is 14.3. The number of rotatable bonds is 10. The summed E-state index contributed by atoms with van der Waals surface area (Å²) in [5.74, 6) is 0.116. The highest BCUT2D eigenvalue weighted by Crippen LogP contribution is 2.32. The molecule has 0 fully saturated rings. The molecule has 0 radical (unpaired) electrons. The van der Waals surface area contributed by atoms with Crippen molar-refractivity contribution >= 4 is 27.1 Å². The monoisotopic (exact) mass is 509 g/mol.